The Bertz CT molecular complexity index is 485. The standard InChI is InChI=1S/C14H19ClN2O3/c1-9-6-17(7-12(9)18)8-14(19)16-10-3-4-13(20-2)11(15)5-10/h3-5,9,12,18H,6-8H2,1-2H3,(H,16,19)/t9-,12+/m0/s1. The number of β-amino-alcohol motifs (C(OH)–C–C–N with tert-alkyl or cyclic N) is 1. The molecule has 2 N–H and O–H groups in total. The highest BCUT2D eigenvalue weighted by atomic mass is 35.5. The third-order valence-corrected chi connectivity index (χ3v) is 3.75. The SMILES string of the molecule is COc1ccc(NC(=O)CN2C[C@@H](O)[C@@H](C)C2)cc1Cl. The second-order valence-corrected chi connectivity index (χ2v) is 5.54. The van der Waals surface area contributed by atoms with E-state index in [1.54, 1.807) is 25.3 Å². The minimum atomic E-state index is -0.349. The topological polar surface area (TPSA) is 61.8 Å². The second kappa shape index (κ2) is 6.43. The molecule has 1 amide bonds. The molecule has 0 radical (unpaired) electrons. The van der Waals surface area contributed by atoms with Crippen LogP contribution in [0.4, 0.5) is 5.69 Å². The molecule has 20 heavy (non-hydrogen) atoms. The molecule has 2 atom stereocenters. The van der Waals surface area contributed by atoms with E-state index in [0.29, 0.717) is 23.0 Å². The first-order valence-electron chi connectivity index (χ1n) is 6.53. The van der Waals surface area contributed by atoms with Crippen molar-refractivity contribution in [2.45, 2.75) is 13.0 Å². The van der Waals surface area contributed by atoms with E-state index < -0.39 is 0 Å². The molecule has 1 saturated heterocycles. The van der Waals surface area contributed by atoms with Gasteiger partial charge in [0, 0.05) is 18.8 Å². The number of hydrogen-bond acceptors (Lipinski definition) is 4. The van der Waals surface area contributed by atoms with Gasteiger partial charge >= 0.3 is 0 Å². The number of nitrogens with one attached hydrogen (secondary N) is 1. The smallest absolute Gasteiger partial charge is 0.238 e. The van der Waals surface area contributed by atoms with Crippen molar-refractivity contribution in [3.8, 4) is 5.75 Å². The van der Waals surface area contributed by atoms with E-state index in [1.165, 1.54) is 0 Å². The average molecular weight is 299 g/mol. The molecule has 0 saturated carbocycles. The number of halogens is 1. The van der Waals surface area contributed by atoms with Crippen LogP contribution in [0.15, 0.2) is 18.2 Å². The van der Waals surface area contributed by atoms with Crippen LogP contribution >= 0.6 is 11.6 Å². The van der Waals surface area contributed by atoms with E-state index in [2.05, 4.69) is 5.32 Å². The van der Waals surface area contributed by atoms with Gasteiger partial charge in [0.25, 0.3) is 0 Å². The number of nitrogens with zero attached hydrogens (tertiary/aromatic N) is 1. The fourth-order valence-corrected chi connectivity index (χ4v) is 2.58. The highest BCUT2D eigenvalue weighted by Crippen LogP contribution is 2.27. The molecule has 1 aliphatic rings. The number of likely N-dealkylation sites (tertiary alicyclic amines) is 1. The first kappa shape index (κ1) is 15.1. The molecule has 1 aromatic rings. The Balaban J connectivity index is 1.90. The molecular formula is C14H19ClN2O3. The summed E-state index contributed by atoms with van der Waals surface area (Å²) in [7, 11) is 1.54. The molecule has 6 heteroatoms. The van der Waals surface area contributed by atoms with Gasteiger partial charge in [-0.1, -0.05) is 18.5 Å². The van der Waals surface area contributed by atoms with Crippen molar-refractivity contribution in [2.75, 3.05) is 32.1 Å². The summed E-state index contributed by atoms with van der Waals surface area (Å²) >= 11 is 6.00. The molecule has 1 fully saturated rings. The van der Waals surface area contributed by atoms with Gasteiger partial charge < -0.3 is 15.2 Å². The average Bonchev–Trinajstić information content (AvgIpc) is 2.68. The van der Waals surface area contributed by atoms with E-state index in [-0.39, 0.29) is 24.5 Å². The van der Waals surface area contributed by atoms with E-state index in [1.807, 2.05) is 11.8 Å². The number of benzene rings is 1. The summed E-state index contributed by atoms with van der Waals surface area (Å²) in [5.41, 5.74) is 0.633. The van der Waals surface area contributed by atoms with Gasteiger partial charge in [-0.3, -0.25) is 9.69 Å². The Morgan fingerprint density at radius 1 is 1.55 bits per heavy atom. The van der Waals surface area contributed by atoms with Crippen molar-refractivity contribution in [3.05, 3.63) is 23.2 Å². The molecule has 1 aliphatic heterocycles. The van der Waals surface area contributed by atoms with Crippen molar-refractivity contribution in [2.24, 2.45) is 5.92 Å². The van der Waals surface area contributed by atoms with Crippen LogP contribution in [0.2, 0.25) is 5.02 Å². The fraction of sp³-hybridized carbons (Fsp3) is 0.500. The van der Waals surface area contributed by atoms with Crippen LogP contribution in [-0.4, -0.2) is 48.8 Å². The first-order chi connectivity index (χ1) is 9.49. The second-order valence-electron chi connectivity index (χ2n) is 5.14. The maximum absolute atomic E-state index is 11.9. The summed E-state index contributed by atoms with van der Waals surface area (Å²) in [6.45, 7) is 3.52. The van der Waals surface area contributed by atoms with Gasteiger partial charge in [0.1, 0.15) is 5.75 Å². The summed E-state index contributed by atoms with van der Waals surface area (Å²) in [5, 5.41) is 12.9. The Morgan fingerprint density at radius 2 is 2.30 bits per heavy atom. The van der Waals surface area contributed by atoms with Crippen molar-refractivity contribution < 1.29 is 14.6 Å². The lowest BCUT2D eigenvalue weighted by atomic mass is 10.1. The lowest BCUT2D eigenvalue weighted by molar-refractivity contribution is -0.117. The zero-order valence-corrected chi connectivity index (χ0v) is 12.4. The number of rotatable bonds is 4. The zero-order valence-electron chi connectivity index (χ0n) is 11.6. The maximum Gasteiger partial charge on any atom is 0.238 e. The van der Waals surface area contributed by atoms with E-state index in [4.69, 9.17) is 16.3 Å². The van der Waals surface area contributed by atoms with Gasteiger partial charge in [0.05, 0.1) is 24.8 Å². The van der Waals surface area contributed by atoms with Crippen LogP contribution in [0.1, 0.15) is 6.92 Å². The van der Waals surface area contributed by atoms with Gasteiger partial charge in [-0.15, -0.1) is 0 Å². The van der Waals surface area contributed by atoms with Crippen LogP contribution in [0.25, 0.3) is 0 Å². The number of ether oxygens (including phenoxy) is 1. The predicted molar refractivity (Wildman–Crippen MR) is 78.2 cm³/mol. The quantitative estimate of drug-likeness (QED) is 0.886. The third kappa shape index (κ3) is 3.62. The van der Waals surface area contributed by atoms with Crippen LogP contribution < -0.4 is 10.1 Å². The molecule has 0 aromatic heterocycles. The molecule has 110 valence electrons. The van der Waals surface area contributed by atoms with Crippen LogP contribution in [-0.2, 0) is 4.79 Å². The van der Waals surface area contributed by atoms with Gasteiger partial charge in [0.15, 0.2) is 0 Å². The molecule has 1 heterocycles. The Morgan fingerprint density at radius 3 is 2.85 bits per heavy atom. The minimum absolute atomic E-state index is 0.118. The predicted octanol–water partition coefficient (Wildman–Crippen LogP) is 1.60. The van der Waals surface area contributed by atoms with Gasteiger partial charge in [-0.05, 0) is 24.1 Å². The summed E-state index contributed by atoms with van der Waals surface area (Å²) < 4.78 is 5.06. The minimum Gasteiger partial charge on any atom is -0.495 e. The molecule has 2 rings (SSSR count). The number of carbonyl (C=O) groups is 1. The molecular weight excluding hydrogens is 280 g/mol. The lowest BCUT2D eigenvalue weighted by Crippen LogP contribution is -2.32. The number of carbonyl (C=O) groups excluding carboxylic acids is 1. The maximum atomic E-state index is 11.9. The van der Waals surface area contributed by atoms with E-state index >= 15 is 0 Å². The number of anilines is 1. The summed E-state index contributed by atoms with van der Waals surface area (Å²) in [5.74, 6) is 0.659. The highest BCUT2D eigenvalue weighted by molar-refractivity contribution is 6.32. The molecule has 0 bridgehead atoms. The Hall–Kier alpha value is -1.30. The highest BCUT2D eigenvalue weighted by Gasteiger charge is 2.28. The van der Waals surface area contributed by atoms with Crippen LogP contribution in [0.3, 0.4) is 0 Å². The van der Waals surface area contributed by atoms with Gasteiger partial charge in [-0.2, -0.15) is 0 Å². The summed E-state index contributed by atoms with van der Waals surface area (Å²) in [4.78, 5) is 13.9. The third-order valence-electron chi connectivity index (χ3n) is 3.45. The number of aliphatic hydroxyl groups excluding tert-OH is 1. The largest absolute Gasteiger partial charge is 0.495 e. The number of methoxy groups -OCH3 is 1. The van der Waals surface area contributed by atoms with Crippen molar-refractivity contribution in [1.82, 2.24) is 4.90 Å². The number of aliphatic hydroxyl groups is 1. The van der Waals surface area contributed by atoms with Crippen molar-refractivity contribution in [3.63, 3.8) is 0 Å². The van der Waals surface area contributed by atoms with Gasteiger partial charge in [0.2, 0.25) is 5.91 Å². The van der Waals surface area contributed by atoms with E-state index in [0.717, 1.165) is 6.54 Å². The van der Waals surface area contributed by atoms with Gasteiger partial charge in [-0.25, -0.2) is 0 Å². The molecule has 0 spiro atoms. The summed E-state index contributed by atoms with van der Waals surface area (Å²) in [6, 6.07) is 5.10. The van der Waals surface area contributed by atoms with E-state index in [9.17, 15) is 9.90 Å². The Kier molecular flexibility index (Phi) is 4.86. The summed E-state index contributed by atoms with van der Waals surface area (Å²) in [6.07, 6.45) is -0.349. The molecule has 0 unspecified atom stereocenters. The Labute approximate surface area is 123 Å². The van der Waals surface area contributed by atoms with Crippen LogP contribution in [0.5, 0.6) is 5.75 Å². The van der Waals surface area contributed by atoms with Crippen molar-refractivity contribution >= 4 is 23.2 Å². The molecule has 1 aromatic carbocycles. The number of amides is 1. The van der Waals surface area contributed by atoms with Crippen LogP contribution in [0, 0.1) is 5.92 Å². The molecule has 5 nitrogen and oxygen atoms in total. The normalized spacial score (nSPS) is 22.8. The first-order valence-corrected chi connectivity index (χ1v) is 6.91. The fourth-order valence-electron chi connectivity index (χ4n) is 2.32. The lowest BCUT2D eigenvalue weighted by Gasteiger charge is -2.15. The zero-order chi connectivity index (χ0) is 14.7. The number of hydrogen-bond donors (Lipinski definition) is 2. The van der Waals surface area contributed by atoms with Crippen molar-refractivity contribution in [1.29, 1.82) is 0 Å². The monoisotopic (exact) mass is 298 g/mol. The molecule has 0 aliphatic carbocycles.